The molecular formula is C12H23N3O. The molecule has 92 valence electrons. The lowest BCUT2D eigenvalue weighted by Gasteiger charge is -2.26. The molecule has 3 N–H and O–H groups in total. The van der Waals surface area contributed by atoms with Crippen molar-refractivity contribution in [3.63, 3.8) is 0 Å². The topological polar surface area (TPSA) is 53.2 Å². The molecule has 2 aliphatic rings. The van der Waals surface area contributed by atoms with Gasteiger partial charge in [-0.25, -0.2) is 0 Å². The Morgan fingerprint density at radius 1 is 1.31 bits per heavy atom. The molecule has 0 aromatic heterocycles. The number of hydrogen-bond acceptors (Lipinski definition) is 3. The predicted molar refractivity (Wildman–Crippen MR) is 64.2 cm³/mol. The third kappa shape index (κ3) is 2.74. The van der Waals surface area contributed by atoms with Gasteiger partial charge in [0.2, 0.25) is 5.91 Å². The Balaban J connectivity index is 1.80. The zero-order chi connectivity index (χ0) is 11.4. The fourth-order valence-electron chi connectivity index (χ4n) is 3.11. The zero-order valence-electron chi connectivity index (χ0n) is 10.1. The highest BCUT2D eigenvalue weighted by Crippen LogP contribution is 2.31. The Hall–Kier alpha value is -0.610. The number of amides is 1. The maximum atomic E-state index is 11.2. The fourth-order valence-corrected chi connectivity index (χ4v) is 3.11. The molecule has 0 bridgehead atoms. The lowest BCUT2D eigenvalue weighted by Crippen LogP contribution is -2.45. The Labute approximate surface area is 97.6 Å². The molecule has 0 aromatic rings. The van der Waals surface area contributed by atoms with Crippen molar-refractivity contribution in [2.75, 3.05) is 20.1 Å². The molecule has 1 saturated heterocycles. The molecule has 1 saturated carbocycles. The fraction of sp³-hybridized carbons (Fsp3) is 0.917. The Morgan fingerprint density at radius 3 is 2.88 bits per heavy atom. The minimum absolute atomic E-state index is 0.0880. The summed E-state index contributed by atoms with van der Waals surface area (Å²) >= 11 is 0. The second kappa shape index (κ2) is 5.64. The summed E-state index contributed by atoms with van der Waals surface area (Å²) in [7, 11) is 1.69. The van der Waals surface area contributed by atoms with Gasteiger partial charge in [0.25, 0.3) is 0 Å². The van der Waals surface area contributed by atoms with Crippen molar-refractivity contribution in [3.05, 3.63) is 0 Å². The van der Waals surface area contributed by atoms with Gasteiger partial charge in [-0.2, -0.15) is 0 Å². The average molecular weight is 225 g/mol. The number of carbonyl (C=O) groups is 1. The van der Waals surface area contributed by atoms with Crippen molar-refractivity contribution in [1.29, 1.82) is 0 Å². The second-order valence-corrected chi connectivity index (χ2v) is 4.96. The van der Waals surface area contributed by atoms with Gasteiger partial charge >= 0.3 is 0 Å². The van der Waals surface area contributed by atoms with Crippen LogP contribution in [0.25, 0.3) is 0 Å². The Morgan fingerprint density at radius 2 is 2.19 bits per heavy atom. The standard InChI is InChI=1S/C12H23N3O/c1-13-12(16)8-15-11-5-2-4-9(11)10-6-3-7-14-10/h9-11,14-15H,2-8H2,1H3,(H,13,16). The predicted octanol–water partition coefficient (Wildman–Crippen LogP) is 0.243. The summed E-state index contributed by atoms with van der Waals surface area (Å²) in [5.41, 5.74) is 0. The molecule has 2 rings (SSSR count). The van der Waals surface area contributed by atoms with Gasteiger partial charge in [-0.3, -0.25) is 4.79 Å². The minimum Gasteiger partial charge on any atom is -0.358 e. The quantitative estimate of drug-likeness (QED) is 0.642. The molecule has 4 nitrogen and oxygen atoms in total. The van der Waals surface area contributed by atoms with Crippen LogP contribution in [0.5, 0.6) is 0 Å². The van der Waals surface area contributed by atoms with E-state index in [0.29, 0.717) is 18.6 Å². The lowest BCUT2D eigenvalue weighted by atomic mass is 9.93. The van der Waals surface area contributed by atoms with E-state index in [1.165, 1.54) is 38.6 Å². The smallest absolute Gasteiger partial charge is 0.233 e. The summed E-state index contributed by atoms with van der Waals surface area (Å²) in [5.74, 6) is 0.817. The molecule has 16 heavy (non-hydrogen) atoms. The van der Waals surface area contributed by atoms with E-state index in [1.54, 1.807) is 7.05 Å². The van der Waals surface area contributed by atoms with Crippen LogP contribution in [0.1, 0.15) is 32.1 Å². The van der Waals surface area contributed by atoms with E-state index in [0.717, 1.165) is 5.92 Å². The number of carbonyl (C=O) groups excluding carboxylic acids is 1. The van der Waals surface area contributed by atoms with E-state index in [2.05, 4.69) is 16.0 Å². The van der Waals surface area contributed by atoms with Crippen molar-refractivity contribution in [1.82, 2.24) is 16.0 Å². The molecule has 1 aliphatic carbocycles. The molecule has 3 unspecified atom stereocenters. The molecule has 3 atom stereocenters. The van der Waals surface area contributed by atoms with Crippen molar-refractivity contribution in [2.24, 2.45) is 5.92 Å². The maximum absolute atomic E-state index is 11.2. The molecule has 0 spiro atoms. The van der Waals surface area contributed by atoms with Gasteiger partial charge in [0.1, 0.15) is 0 Å². The molecule has 0 radical (unpaired) electrons. The third-order valence-electron chi connectivity index (χ3n) is 3.99. The normalized spacial score (nSPS) is 34.2. The summed E-state index contributed by atoms with van der Waals surface area (Å²) in [6.45, 7) is 1.63. The van der Waals surface area contributed by atoms with Crippen LogP contribution >= 0.6 is 0 Å². The first-order valence-corrected chi connectivity index (χ1v) is 6.48. The average Bonchev–Trinajstić information content (AvgIpc) is 2.95. The highest BCUT2D eigenvalue weighted by Gasteiger charge is 2.34. The van der Waals surface area contributed by atoms with E-state index in [4.69, 9.17) is 0 Å². The maximum Gasteiger partial charge on any atom is 0.233 e. The first kappa shape index (κ1) is 11.9. The summed E-state index contributed by atoms with van der Waals surface area (Å²) in [6.07, 6.45) is 6.45. The minimum atomic E-state index is 0.0880. The van der Waals surface area contributed by atoms with Crippen molar-refractivity contribution < 1.29 is 4.79 Å². The number of likely N-dealkylation sites (N-methyl/N-ethyl adjacent to an activating group) is 1. The van der Waals surface area contributed by atoms with Gasteiger partial charge in [0, 0.05) is 19.1 Å². The zero-order valence-corrected chi connectivity index (χ0v) is 10.1. The van der Waals surface area contributed by atoms with Crippen LogP contribution in [-0.2, 0) is 4.79 Å². The van der Waals surface area contributed by atoms with Crippen molar-refractivity contribution >= 4 is 5.91 Å². The molecular weight excluding hydrogens is 202 g/mol. The third-order valence-corrected chi connectivity index (χ3v) is 3.99. The van der Waals surface area contributed by atoms with Crippen molar-refractivity contribution in [3.8, 4) is 0 Å². The first-order chi connectivity index (χ1) is 7.81. The Kier molecular flexibility index (Phi) is 4.18. The van der Waals surface area contributed by atoms with Gasteiger partial charge in [0.05, 0.1) is 6.54 Å². The van der Waals surface area contributed by atoms with Crippen molar-refractivity contribution in [2.45, 2.75) is 44.2 Å². The van der Waals surface area contributed by atoms with E-state index in [-0.39, 0.29) is 5.91 Å². The molecule has 1 heterocycles. The lowest BCUT2D eigenvalue weighted by molar-refractivity contribution is -0.119. The monoisotopic (exact) mass is 225 g/mol. The van der Waals surface area contributed by atoms with Crippen LogP contribution in [-0.4, -0.2) is 38.1 Å². The van der Waals surface area contributed by atoms with Crippen LogP contribution in [0.2, 0.25) is 0 Å². The van der Waals surface area contributed by atoms with Crippen LogP contribution in [0.15, 0.2) is 0 Å². The van der Waals surface area contributed by atoms with Gasteiger partial charge in [0.15, 0.2) is 0 Å². The van der Waals surface area contributed by atoms with E-state index < -0.39 is 0 Å². The molecule has 4 heteroatoms. The first-order valence-electron chi connectivity index (χ1n) is 6.48. The van der Waals surface area contributed by atoms with Gasteiger partial charge < -0.3 is 16.0 Å². The summed E-state index contributed by atoms with van der Waals surface area (Å²) < 4.78 is 0. The summed E-state index contributed by atoms with van der Waals surface area (Å²) in [5, 5.41) is 9.65. The van der Waals surface area contributed by atoms with E-state index in [9.17, 15) is 4.79 Å². The molecule has 2 fully saturated rings. The van der Waals surface area contributed by atoms with E-state index >= 15 is 0 Å². The summed E-state index contributed by atoms with van der Waals surface area (Å²) in [6, 6.07) is 1.22. The van der Waals surface area contributed by atoms with Crippen LogP contribution in [0.4, 0.5) is 0 Å². The second-order valence-electron chi connectivity index (χ2n) is 4.96. The molecule has 0 aromatic carbocycles. The molecule has 1 amide bonds. The van der Waals surface area contributed by atoms with Gasteiger partial charge in [-0.15, -0.1) is 0 Å². The van der Waals surface area contributed by atoms with E-state index in [1.807, 2.05) is 0 Å². The summed E-state index contributed by atoms with van der Waals surface area (Å²) in [4.78, 5) is 11.2. The molecule has 1 aliphatic heterocycles. The Bertz CT molecular complexity index is 238. The highest BCUT2D eigenvalue weighted by molar-refractivity contribution is 5.77. The number of hydrogen-bond donors (Lipinski definition) is 3. The van der Waals surface area contributed by atoms with Gasteiger partial charge in [-0.05, 0) is 38.1 Å². The SMILES string of the molecule is CNC(=O)CNC1CCCC1C1CCCN1. The van der Waals surface area contributed by atoms with Crippen LogP contribution in [0.3, 0.4) is 0 Å². The largest absolute Gasteiger partial charge is 0.358 e. The highest BCUT2D eigenvalue weighted by atomic mass is 16.1. The number of nitrogens with one attached hydrogen (secondary N) is 3. The van der Waals surface area contributed by atoms with Gasteiger partial charge in [-0.1, -0.05) is 6.42 Å². The number of rotatable bonds is 4. The van der Waals surface area contributed by atoms with Crippen LogP contribution in [0, 0.1) is 5.92 Å². The van der Waals surface area contributed by atoms with Crippen LogP contribution < -0.4 is 16.0 Å².